The van der Waals surface area contributed by atoms with E-state index >= 15 is 0 Å². The Hall–Kier alpha value is -1.86. The quantitative estimate of drug-likeness (QED) is 0.0195. The van der Waals surface area contributed by atoms with E-state index in [2.05, 4.69) is 31.3 Å². The first kappa shape index (κ1) is 77.2. The van der Waals surface area contributed by atoms with Crippen LogP contribution in [0, 0.1) is 0 Å². The SMILES string of the molecule is CCCCCCCCCCCC/C=C/C(O)C(COC1OC(CO)C(O)C(O)C1O)NC(=O)CCCCCCCCCCCCCCCC/C=C\CCCCCCCCCCCCCCOC(=O)CCCCCCCCCCCCC. The molecule has 11 nitrogen and oxygen atoms in total. The summed E-state index contributed by atoms with van der Waals surface area (Å²) in [7, 11) is 0. The number of hydrogen-bond acceptors (Lipinski definition) is 10. The van der Waals surface area contributed by atoms with Gasteiger partial charge in [-0.1, -0.05) is 301 Å². The van der Waals surface area contributed by atoms with Crippen LogP contribution in [0.25, 0.3) is 0 Å². The first-order valence-corrected chi connectivity index (χ1v) is 35.1. The maximum atomic E-state index is 13.1. The van der Waals surface area contributed by atoms with Crippen molar-refractivity contribution in [1.82, 2.24) is 5.32 Å². The Morgan fingerprint density at radius 2 is 0.790 bits per heavy atom. The van der Waals surface area contributed by atoms with Gasteiger partial charge in [0, 0.05) is 12.8 Å². The summed E-state index contributed by atoms with van der Waals surface area (Å²) in [4.78, 5) is 25.1. The maximum absolute atomic E-state index is 13.1. The second kappa shape index (κ2) is 59.9. The molecule has 1 amide bonds. The Morgan fingerprint density at radius 3 is 1.19 bits per heavy atom. The van der Waals surface area contributed by atoms with Gasteiger partial charge in [-0.15, -0.1) is 0 Å². The third kappa shape index (κ3) is 49.0. The van der Waals surface area contributed by atoms with Gasteiger partial charge < -0.3 is 45.1 Å². The van der Waals surface area contributed by atoms with Gasteiger partial charge >= 0.3 is 5.97 Å². The second-order valence-corrected chi connectivity index (χ2v) is 24.6. The number of rotatable bonds is 62. The lowest BCUT2D eigenvalue weighted by Crippen LogP contribution is -2.60. The van der Waals surface area contributed by atoms with Crippen LogP contribution in [0.4, 0.5) is 0 Å². The normalized spacial score (nSPS) is 18.3. The standard InChI is InChI=1S/C70H133NO10/c1-3-5-7-9-11-13-15-37-40-44-48-52-56-63(73)62(61-80-70-69(78)68(77)67(76)64(60-72)81-70)71-65(74)57-53-49-45-41-38-34-32-30-28-26-24-22-20-18-16-17-19-21-23-25-27-29-31-33-35-39-43-47-51-55-59-79-66(75)58-54-50-46-42-36-14-12-10-8-6-4-2/h17,19,52,56,62-64,67-70,72-73,76-78H,3-16,18,20-51,53-55,57-61H2,1-2H3,(H,71,74)/b19-17-,56-52+. The van der Waals surface area contributed by atoms with E-state index in [4.69, 9.17) is 14.2 Å². The van der Waals surface area contributed by atoms with Gasteiger partial charge in [-0.05, 0) is 57.8 Å². The van der Waals surface area contributed by atoms with E-state index in [1.807, 2.05) is 6.08 Å². The number of carbonyl (C=O) groups is 2. The predicted molar refractivity (Wildman–Crippen MR) is 338 cm³/mol. The van der Waals surface area contributed by atoms with Crippen molar-refractivity contribution < 1.29 is 49.3 Å². The zero-order chi connectivity index (χ0) is 58.7. The molecule has 0 radical (unpaired) electrons. The highest BCUT2D eigenvalue weighted by Crippen LogP contribution is 2.23. The molecule has 1 fully saturated rings. The number of ether oxygens (including phenoxy) is 3. The zero-order valence-electron chi connectivity index (χ0n) is 53.0. The summed E-state index contributed by atoms with van der Waals surface area (Å²) >= 11 is 0. The molecule has 1 heterocycles. The number of hydrogen-bond donors (Lipinski definition) is 6. The van der Waals surface area contributed by atoms with E-state index < -0.39 is 49.5 Å². The smallest absolute Gasteiger partial charge is 0.305 e. The van der Waals surface area contributed by atoms with Gasteiger partial charge in [0.05, 0.1) is 32.0 Å². The number of aliphatic hydroxyl groups excluding tert-OH is 5. The van der Waals surface area contributed by atoms with Crippen molar-refractivity contribution in [3.63, 3.8) is 0 Å². The number of esters is 1. The molecule has 0 aliphatic carbocycles. The molecule has 11 heteroatoms. The first-order valence-electron chi connectivity index (χ1n) is 35.1. The van der Waals surface area contributed by atoms with Gasteiger partial charge in [0.1, 0.15) is 24.4 Å². The fourth-order valence-electron chi connectivity index (χ4n) is 11.3. The Bertz CT molecular complexity index is 1390. The molecule has 0 spiro atoms. The fraction of sp³-hybridized carbons (Fsp3) is 0.914. The number of amides is 1. The van der Waals surface area contributed by atoms with Crippen LogP contribution in [0.15, 0.2) is 24.3 Å². The Labute approximate surface area is 499 Å². The largest absolute Gasteiger partial charge is 0.466 e. The molecule has 7 atom stereocenters. The average molecular weight is 1150 g/mol. The number of allylic oxidation sites excluding steroid dienone is 3. The van der Waals surface area contributed by atoms with E-state index in [-0.39, 0.29) is 18.5 Å². The van der Waals surface area contributed by atoms with Gasteiger partial charge in [-0.25, -0.2) is 0 Å². The first-order chi connectivity index (χ1) is 39.7. The highest BCUT2D eigenvalue weighted by atomic mass is 16.7. The van der Waals surface area contributed by atoms with Crippen molar-refractivity contribution in [3.8, 4) is 0 Å². The summed E-state index contributed by atoms with van der Waals surface area (Å²) in [6, 6.07) is -0.808. The highest BCUT2D eigenvalue weighted by molar-refractivity contribution is 5.76. The minimum Gasteiger partial charge on any atom is -0.466 e. The Morgan fingerprint density at radius 1 is 0.444 bits per heavy atom. The van der Waals surface area contributed by atoms with Crippen molar-refractivity contribution in [2.24, 2.45) is 0 Å². The lowest BCUT2D eigenvalue weighted by atomic mass is 9.99. The van der Waals surface area contributed by atoms with Crippen molar-refractivity contribution in [1.29, 1.82) is 0 Å². The van der Waals surface area contributed by atoms with E-state index in [1.54, 1.807) is 6.08 Å². The Kier molecular flexibility index (Phi) is 57.0. The lowest BCUT2D eigenvalue weighted by molar-refractivity contribution is -0.302. The van der Waals surface area contributed by atoms with Crippen LogP contribution in [-0.2, 0) is 23.8 Å². The molecule has 0 aromatic heterocycles. The molecule has 1 saturated heterocycles. The molecule has 0 aromatic carbocycles. The van der Waals surface area contributed by atoms with Crippen LogP contribution in [0.5, 0.6) is 0 Å². The van der Waals surface area contributed by atoms with Crippen molar-refractivity contribution in [3.05, 3.63) is 24.3 Å². The Balaban J connectivity index is 1.96. The molecule has 0 aromatic rings. The van der Waals surface area contributed by atoms with Gasteiger partial charge in [-0.2, -0.15) is 0 Å². The number of carbonyl (C=O) groups excluding carboxylic acids is 2. The van der Waals surface area contributed by atoms with Crippen molar-refractivity contribution in [2.45, 2.75) is 391 Å². The maximum Gasteiger partial charge on any atom is 0.305 e. The van der Waals surface area contributed by atoms with Crippen molar-refractivity contribution in [2.75, 3.05) is 19.8 Å². The highest BCUT2D eigenvalue weighted by Gasteiger charge is 2.44. The van der Waals surface area contributed by atoms with E-state index in [0.717, 1.165) is 51.4 Å². The summed E-state index contributed by atoms with van der Waals surface area (Å²) in [6.45, 7) is 4.37. The van der Waals surface area contributed by atoms with Crippen LogP contribution in [-0.4, -0.2) is 100 Å². The molecule has 0 bridgehead atoms. The third-order valence-electron chi connectivity index (χ3n) is 16.8. The molecule has 0 saturated carbocycles. The van der Waals surface area contributed by atoms with Crippen LogP contribution >= 0.6 is 0 Å². The lowest BCUT2D eigenvalue weighted by Gasteiger charge is -2.40. The summed E-state index contributed by atoms with van der Waals surface area (Å²) in [5.41, 5.74) is 0. The van der Waals surface area contributed by atoms with Gasteiger partial charge in [0.25, 0.3) is 0 Å². The minimum absolute atomic E-state index is 0.00896. The molecule has 81 heavy (non-hydrogen) atoms. The molecule has 6 N–H and O–H groups in total. The number of nitrogens with one attached hydrogen (secondary N) is 1. The van der Waals surface area contributed by atoms with Crippen LogP contribution < -0.4 is 5.32 Å². The molecule has 1 aliphatic heterocycles. The molecule has 1 aliphatic rings. The topological polar surface area (TPSA) is 175 Å². The molecule has 7 unspecified atom stereocenters. The monoisotopic (exact) mass is 1150 g/mol. The van der Waals surface area contributed by atoms with E-state index in [0.29, 0.717) is 19.4 Å². The molecule has 1 rings (SSSR count). The van der Waals surface area contributed by atoms with Gasteiger partial charge in [-0.3, -0.25) is 9.59 Å². The summed E-state index contributed by atoms with van der Waals surface area (Å²) < 4.78 is 16.7. The number of aliphatic hydroxyl groups is 5. The summed E-state index contributed by atoms with van der Waals surface area (Å²) in [5, 5.41) is 54.5. The average Bonchev–Trinajstić information content (AvgIpc) is 3.46. The van der Waals surface area contributed by atoms with Gasteiger partial charge in [0.2, 0.25) is 5.91 Å². The molecular weight excluding hydrogens is 1010 g/mol. The summed E-state index contributed by atoms with van der Waals surface area (Å²) in [6.07, 6.45) is 64.5. The third-order valence-corrected chi connectivity index (χ3v) is 16.8. The molecular formula is C70H133NO10. The van der Waals surface area contributed by atoms with Gasteiger partial charge in [0.15, 0.2) is 6.29 Å². The van der Waals surface area contributed by atoms with E-state index in [9.17, 15) is 35.1 Å². The zero-order valence-corrected chi connectivity index (χ0v) is 53.0. The molecule has 478 valence electrons. The second-order valence-electron chi connectivity index (χ2n) is 24.6. The van der Waals surface area contributed by atoms with Crippen LogP contribution in [0.1, 0.15) is 348 Å². The van der Waals surface area contributed by atoms with E-state index in [1.165, 1.54) is 270 Å². The fourth-order valence-corrected chi connectivity index (χ4v) is 11.3. The minimum atomic E-state index is -1.57. The van der Waals surface area contributed by atoms with Crippen molar-refractivity contribution >= 4 is 11.9 Å². The predicted octanol–water partition coefficient (Wildman–Crippen LogP) is 17.6. The van der Waals surface area contributed by atoms with Crippen LogP contribution in [0.3, 0.4) is 0 Å². The van der Waals surface area contributed by atoms with Crippen LogP contribution in [0.2, 0.25) is 0 Å². The number of unbranched alkanes of at least 4 members (excludes halogenated alkanes) is 46. The summed E-state index contributed by atoms with van der Waals surface area (Å²) in [5.74, 6) is -0.170.